The van der Waals surface area contributed by atoms with Gasteiger partial charge >= 0.3 is 0 Å². The van der Waals surface area contributed by atoms with Crippen molar-refractivity contribution in [2.75, 3.05) is 13.0 Å². The number of nitrogen functional groups attached to an aromatic ring is 1. The average molecular weight is 444 g/mol. The Morgan fingerprint density at radius 2 is 1.97 bits per heavy atom. The Hall–Kier alpha value is -3.17. The fourth-order valence-electron chi connectivity index (χ4n) is 2.62. The number of nitrogens with two attached hydrogens (primary N) is 1. The van der Waals surface area contributed by atoms with Gasteiger partial charge in [0, 0.05) is 16.7 Å². The van der Waals surface area contributed by atoms with Crippen LogP contribution in [0.3, 0.4) is 0 Å². The first-order valence-corrected chi connectivity index (χ1v) is 10.3. The molecule has 0 aliphatic carbocycles. The molecule has 30 heavy (non-hydrogen) atoms. The average Bonchev–Trinajstić information content (AvgIpc) is 3.38. The largest absolute Gasteiger partial charge is 0.497 e. The summed E-state index contributed by atoms with van der Waals surface area (Å²) in [5.74, 6) is 9.60. The number of nitrogens with zero attached hydrogens (tertiary/aromatic N) is 4. The van der Waals surface area contributed by atoms with Crippen molar-refractivity contribution in [2.45, 2.75) is 17.5 Å². The van der Waals surface area contributed by atoms with Crippen LogP contribution < -0.4 is 15.3 Å². The lowest BCUT2D eigenvalue weighted by Gasteiger charge is -2.07. The van der Waals surface area contributed by atoms with E-state index < -0.39 is 0 Å². The molecule has 10 heteroatoms. The Bertz CT molecular complexity index is 1150. The summed E-state index contributed by atoms with van der Waals surface area (Å²) < 4.78 is 18.1. The monoisotopic (exact) mass is 443 g/mol. The van der Waals surface area contributed by atoms with Gasteiger partial charge in [0.2, 0.25) is 11.0 Å². The molecule has 0 aliphatic rings. The van der Waals surface area contributed by atoms with E-state index in [0.29, 0.717) is 44.9 Å². The van der Waals surface area contributed by atoms with Crippen LogP contribution >= 0.6 is 23.4 Å². The van der Waals surface area contributed by atoms with Crippen molar-refractivity contribution in [2.24, 2.45) is 0 Å². The molecular formula is C20H18ClN5O3S. The highest BCUT2D eigenvalue weighted by atomic mass is 35.5. The van der Waals surface area contributed by atoms with E-state index >= 15 is 0 Å². The summed E-state index contributed by atoms with van der Waals surface area (Å²) in [6, 6.07) is 14.7. The molecule has 0 aliphatic heterocycles. The van der Waals surface area contributed by atoms with Crippen LogP contribution in [0.2, 0.25) is 5.02 Å². The molecule has 0 bridgehead atoms. The van der Waals surface area contributed by atoms with Crippen LogP contribution in [0.15, 0.2) is 64.3 Å². The topological polar surface area (TPSA) is 101 Å². The van der Waals surface area contributed by atoms with Crippen LogP contribution in [0.5, 0.6) is 11.5 Å². The molecule has 0 amide bonds. The predicted octanol–water partition coefficient (Wildman–Crippen LogP) is 4.18. The van der Waals surface area contributed by atoms with Gasteiger partial charge in [-0.3, -0.25) is 0 Å². The molecule has 2 heterocycles. The molecule has 2 N–H and O–H groups in total. The number of rotatable bonds is 8. The smallest absolute Gasteiger partial charge is 0.210 e. The lowest BCUT2D eigenvalue weighted by atomic mass is 10.2. The SMILES string of the molecule is COc1cccc(OCc2nnc(SCc3ncc(-c4cccc(Cl)c4)o3)n2N)c1. The highest BCUT2D eigenvalue weighted by molar-refractivity contribution is 7.98. The standard InChI is InChI=1S/C20H18ClN5O3S/c1-27-15-6-3-7-16(9-15)28-11-18-24-25-20(26(18)22)30-12-19-23-10-17(29-19)13-4-2-5-14(21)8-13/h2-10H,11-12,22H2,1H3. The normalized spacial score (nSPS) is 10.9. The number of ether oxygens (including phenoxy) is 2. The van der Waals surface area contributed by atoms with Crippen molar-refractivity contribution in [3.8, 4) is 22.8 Å². The Balaban J connectivity index is 1.36. The van der Waals surface area contributed by atoms with Gasteiger partial charge in [-0.15, -0.1) is 10.2 Å². The Morgan fingerprint density at radius 1 is 1.13 bits per heavy atom. The second-order valence-corrected chi connectivity index (χ2v) is 7.53. The maximum Gasteiger partial charge on any atom is 0.210 e. The Morgan fingerprint density at radius 3 is 2.80 bits per heavy atom. The fraction of sp³-hybridized carbons (Fsp3) is 0.150. The van der Waals surface area contributed by atoms with E-state index in [0.717, 1.165) is 5.56 Å². The van der Waals surface area contributed by atoms with Crippen molar-refractivity contribution in [3.63, 3.8) is 0 Å². The summed E-state index contributed by atoms with van der Waals surface area (Å²) >= 11 is 7.39. The molecule has 154 valence electrons. The van der Waals surface area contributed by atoms with E-state index in [1.165, 1.54) is 16.4 Å². The third-order valence-electron chi connectivity index (χ3n) is 4.13. The Labute approximate surface area is 182 Å². The number of methoxy groups -OCH3 is 1. The third kappa shape index (κ3) is 4.69. The maximum absolute atomic E-state index is 6.10. The predicted molar refractivity (Wildman–Crippen MR) is 114 cm³/mol. The van der Waals surface area contributed by atoms with Gasteiger partial charge in [0.1, 0.15) is 18.1 Å². The molecule has 2 aromatic heterocycles. The van der Waals surface area contributed by atoms with E-state index in [2.05, 4.69) is 15.2 Å². The van der Waals surface area contributed by atoms with Crippen LogP contribution in [0, 0.1) is 0 Å². The van der Waals surface area contributed by atoms with Crippen molar-refractivity contribution in [3.05, 3.63) is 71.5 Å². The van der Waals surface area contributed by atoms with Gasteiger partial charge in [0.15, 0.2) is 11.6 Å². The summed E-state index contributed by atoms with van der Waals surface area (Å²) in [5.41, 5.74) is 0.866. The first-order chi connectivity index (χ1) is 14.6. The molecule has 8 nitrogen and oxygen atoms in total. The van der Waals surface area contributed by atoms with E-state index in [-0.39, 0.29) is 6.61 Å². The minimum Gasteiger partial charge on any atom is -0.497 e. The summed E-state index contributed by atoms with van der Waals surface area (Å²) in [6.45, 7) is 0.176. The Kier molecular flexibility index (Phi) is 6.10. The van der Waals surface area contributed by atoms with Crippen LogP contribution in [0.25, 0.3) is 11.3 Å². The summed E-state index contributed by atoms with van der Waals surface area (Å²) in [4.78, 5) is 4.30. The summed E-state index contributed by atoms with van der Waals surface area (Å²) in [5, 5.41) is 9.37. The van der Waals surface area contributed by atoms with Gasteiger partial charge in [-0.1, -0.05) is 41.6 Å². The van der Waals surface area contributed by atoms with E-state index in [1.54, 1.807) is 19.4 Å². The minimum absolute atomic E-state index is 0.176. The zero-order chi connectivity index (χ0) is 20.9. The minimum atomic E-state index is 0.176. The van der Waals surface area contributed by atoms with Gasteiger partial charge in [-0.2, -0.15) is 0 Å². The molecule has 4 rings (SSSR count). The second kappa shape index (κ2) is 9.10. The van der Waals surface area contributed by atoms with Crippen LogP contribution in [-0.2, 0) is 12.4 Å². The van der Waals surface area contributed by atoms with Gasteiger partial charge < -0.3 is 19.7 Å². The van der Waals surface area contributed by atoms with Crippen molar-refractivity contribution in [1.29, 1.82) is 0 Å². The number of benzene rings is 2. The van der Waals surface area contributed by atoms with Crippen molar-refractivity contribution < 1.29 is 13.9 Å². The molecule has 0 spiro atoms. The third-order valence-corrected chi connectivity index (χ3v) is 5.29. The molecule has 0 atom stereocenters. The molecule has 4 aromatic rings. The number of thioether (sulfide) groups is 1. The first-order valence-electron chi connectivity index (χ1n) is 8.92. The zero-order valence-electron chi connectivity index (χ0n) is 16.0. The lowest BCUT2D eigenvalue weighted by molar-refractivity contribution is 0.289. The maximum atomic E-state index is 6.10. The zero-order valence-corrected chi connectivity index (χ0v) is 17.6. The van der Waals surface area contributed by atoms with Gasteiger partial charge in [-0.25, -0.2) is 9.66 Å². The van der Waals surface area contributed by atoms with E-state index in [9.17, 15) is 0 Å². The van der Waals surface area contributed by atoms with Crippen molar-refractivity contribution in [1.82, 2.24) is 19.9 Å². The molecule has 0 unspecified atom stereocenters. The molecule has 0 radical (unpaired) electrons. The molecular weight excluding hydrogens is 426 g/mol. The van der Waals surface area contributed by atoms with Crippen LogP contribution in [0.4, 0.5) is 0 Å². The van der Waals surface area contributed by atoms with Gasteiger partial charge in [0.25, 0.3) is 0 Å². The molecule has 2 aromatic carbocycles. The molecule has 0 saturated heterocycles. The highest BCUT2D eigenvalue weighted by Crippen LogP contribution is 2.26. The summed E-state index contributed by atoms with van der Waals surface area (Å²) in [6.07, 6.45) is 1.67. The molecule has 0 saturated carbocycles. The van der Waals surface area contributed by atoms with Crippen LogP contribution in [-0.4, -0.2) is 27.0 Å². The quantitative estimate of drug-likeness (QED) is 0.319. The number of hydrogen-bond donors (Lipinski definition) is 1. The first kappa shape index (κ1) is 20.1. The highest BCUT2D eigenvalue weighted by Gasteiger charge is 2.14. The summed E-state index contributed by atoms with van der Waals surface area (Å²) in [7, 11) is 1.60. The number of oxazole rings is 1. The van der Waals surface area contributed by atoms with E-state index in [4.69, 9.17) is 31.3 Å². The molecule has 0 fully saturated rings. The number of hydrogen-bond acceptors (Lipinski definition) is 8. The van der Waals surface area contributed by atoms with E-state index in [1.807, 2.05) is 42.5 Å². The van der Waals surface area contributed by atoms with Gasteiger partial charge in [0.05, 0.1) is 19.1 Å². The fourth-order valence-corrected chi connectivity index (χ4v) is 3.54. The van der Waals surface area contributed by atoms with Crippen molar-refractivity contribution >= 4 is 23.4 Å². The number of aromatic nitrogens is 4. The second-order valence-electron chi connectivity index (χ2n) is 6.15. The van der Waals surface area contributed by atoms with Crippen LogP contribution in [0.1, 0.15) is 11.7 Å². The number of halogens is 1. The lowest BCUT2D eigenvalue weighted by Crippen LogP contribution is -2.15. The van der Waals surface area contributed by atoms with Gasteiger partial charge in [-0.05, 0) is 24.3 Å².